The summed E-state index contributed by atoms with van der Waals surface area (Å²) >= 11 is 0. The van der Waals surface area contributed by atoms with Crippen LogP contribution in [-0.4, -0.2) is 51.1 Å². The van der Waals surface area contributed by atoms with Gasteiger partial charge >= 0.3 is 6.09 Å². The standard InChI is InChI=1S/C31H27F2N5O5/c1-31(2,3)43-30(41)37-9-5-6-25(37)28-36-26-21(18-7-8-19(16-39)35-15-18)10-17(14-34)11-22(26)29(40)38(28)20-12-23(32)27(42-4)24(33)13-20/h7-8,10-13,15-16,25H,5-6,9H2,1-4H3. The van der Waals surface area contributed by atoms with Crippen LogP contribution in [0.25, 0.3) is 27.7 Å². The van der Waals surface area contributed by atoms with Gasteiger partial charge in [-0.2, -0.15) is 5.26 Å². The average molecular weight is 588 g/mol. The molecule has 12 heteroatoms. The Morgan fingerprint density at radius 2 is 1.88 bits per heavy atom. The number of amides is 1. The molecule has 1 amide bonds. The number of likely N-dealkylation sites (tertiary alicyclic amines) is 1. The lowest BCUT2D eigenvalue weighted by molar-refractivity contribution is 0.0216. The van der Waals surface area contributed by atoms with Crippen LogP contribution in [0.1, 0.15) is 61.5 Å². The number of aromatic nitrogens is 3. The zero-order chi connectivity index (χ0) is 31.1. The summed E-state index contributed by atoms with van der Waals surface area (Å²) in [4.78, 5) is 49.1. The molecular formula is C31H27F2N5O5. The molecule has 0 aliphatic carbocycles. The molecule has 2 aromatic carbocycles. The third-order valence-corrected chi connectivity index (χ3v) is 6.97. The third-order valence-electron chi connectivity index (χ3n) is 6.97. The van der Waals surface area contributed by atoms with Gasteiger partial charge in [-0.25, -0.2) is 18.6 Å². The van der Waals surface area contributed by atoms with Crippen molar-refractivity contribution in [3.8, 4) is 28.6 Å². The number of nitrogens with zero attached hydrogens (tertiary/aromatic N) is 5. The fourth-order valence-electron chi connectivity index (χ4n) is 5.14. The summed E-state index contributed by atoms with van der Waals surface area (Å²) in [6, 6.07) is 9.11. The predicted molar refractivity (Wildman–Crippen MR) is 152 cm³/mol. The smallest absolute Gasteiger partial charge is 0.410 e. The third kappa shape index (κ3) is 5.53. The van der Waals surface area contributed by atoms with Gasteiger partial charge in [-0.15, -0.1) is 0 Å². The highest BCUT2D eigenvalue weighted by molar-refractivity contribution is 5.95. The quantitative estimate of drug-likeness (QED) is 0.281. The highest BCUT2D eigenvalue weighted by Gasteiger charge is 2.37. The molecular weight excluding hydrogens is 560 g/mol. The minimum absolute atomic E-state index is 0.00397. The number of pyridine rings is 1. The number of benzene rings is 2. The van der Waals surface area contributed by atoms with Gasteiger partial charge in [-0.05, 0) is 51.8 Å². The van der Waals surface area contributed by atoms with Crippen molar-refractivity contribution in [1.29, 1.82) is 5.26 Å². The number of nitriles is 1. The van der Waals surface area contributed by atoms with Crippen LogP contribution < -0.4 is 10.3 Å². The summed E-state index contributed by atoms with van der Waals surface area (Å²) in [7, 11) is 1.12. The second-order valence-electron chi connectivity index (χ2n) is 11.0. The average Bonchev–Trinajstić information content (AvgIpc) is 3.46. The first-order valence-corrected chi connectivity index (χ1v) is 13.4. The van der Waals surface area contributed by atoms with Crippen LogP contribution in [0.2, 0.25) is 0 Å². The Morgan fingerprint density at radius 3 is 2.47 bits per heavy atom. The lowest BCUT2D eigenvalue weighted by Gasteiger charge is -2.29. The van der Waals surface area contributed by atoms with Gasteiger partial charge in [0.1, 0.15) is 17.1 Å². The van der Waals surface area contributed by atoms with Gasteiger partial charge in [0.2, 0.25) is 0 Å². The first kappa shape index (κ1) is 29.3. The maximum Gasteiger partial charge on any atom is 0.410 e. The van der Waals surface area contributed by atoms with E-state index in [1.165, 1.54) is 29.3 Å². The van der Waals surface area contributed by atoms with Crippen LogP contribution in [0.15, 0.2) is 47.4 Å². The highest BCUT2D eigenvalue weighted by Crippen LogP contribution is 2.36. The van der Waals surface area contributed by atoms with E-state index in [2.05, 4.69) is 4.98 Å². The Bertz CT molecular complexity index is 1840. The maximum atomic E-state index is 14.9. The SMILES string of the molecule is COc1c(F)cc(-n2c(C3CCCN3C(=O)OC(C)(C)C)nc3c(-c4ccc(C=O)nc4)cc(C#N)cc3c2=O)cc1F. The van der Waals surface area contributed by atoms with Crippen LogP contribution >= 0.6 is 0 Å². The van der Waals surface area contributed by atoms with Gasteiger partial charge in [-0.3, -0.25) is 24.0 Å². The molecule has 4 aromatic rings. The van der Waals surface area contributed by atoms with E-state index in [1.807, 2.05) is 6.07 Å². The topological polar surface area (TPSA) is 127 Å². The van der Waals surface area contributed by atoms with Crippen LogP contribution in [0.5, 0.6) is 5.75 Å². The number of fused-ring (bicyclic) bond motifs is 1. The number of rotatable bonds is 5. The Labute approximate surface area is 245 Å². The number of carbonyl (C=O) groups is 2. The lowest BCUT2D eigenvalue weighted by atomic mass is 10.00. The molecule has 1 aliphatic rings. The second kappa shape index (κ2) is 11.2. The minimum Gasteiger partial charge on any atom is -0.491 e. The summed E-state index contributed by atoms with van der Waals surface area (Å²) in [6.45, 7) is 5.49. The molecule has 0 N–H and O–H groups in total. The molecule has 220 valence electrons. The summed E-state index contributed by atoms with van der Waals surface area (Å²) in [6.07, 6.45) is 2.32. The van der Waals surface area contributed by atoms with Gasteiger partial charge in [0.05, 0.1) is 41.4 Å². The molecule has 3 heterocycles. The fourth-order valence-corrected chi connectivity index (χ4v) is 5.14. The molecule has 1 saturated heterocycles. The molecule has 0 spiro atoms. The molecule has 0 radical (unpaired) electrons. The van der Waals surface area contributed by atoms with Gasteiger partial charge < -0.3 is 9.47 Å². The lowest BCUT2D eigenvalue weighted by Crippen LogP contribution is -2.38. The van der Waals surface area contributed by atoms with Crippen molar-refractivity contribution in [2.45, 2.75) is 45.3 Å². The van der Waals surface area contributed by atoms with E-state index in [0.717, 1.165) is 23.8 Å². The van der Waals surface area contributed by atoms with Gasteiger partial charge in [0.15, 0.2) is 23.7 Å². The first-order valence-electron chi connectivity index (χ1n) is 13.4. The summed E-state index contributed by atoms with van der Waals surface area (Å²) < 4.78 is 41.4. The van der Waals surface area contributed by atoms with E-state index in [1.54, 1.807) is 26.8 Å². The van der Waals surface area contributed by atoms with Crippen LogP contribution in [-0.2, 0) is 4.74 Å². The number of ether oxygens (including phenoxy) is 2. The van der Waals surface area contributed by atoms with E-state index in [-0.39, 0.29) is 33.7 Å². The van der Waals surface area contributed by atoms with Crippen LogP contribution in [0, 0.1) is 23.0 Å². The fraction of sp³-hybridized carbons (Fsp3) is 0.290. The first-order chi connectivity index (χ1) is 20.4. The molecule has 1 atom stereocenters. The molecule has 2 aromatic heterocycles. The Morgan fingerprint density at radius 1 is 1.16 bits per heavy atom. The van der Waals surface area contributed by atoms with E-state index >= 15 is 0 Å². The molecule has 1 aliphatic heterocycles. The summed E-state index contributed by atoms with van der Waals surface area (Å²) in [5.74, 6) is -2.66. The second-order valence-corrected chi connectivity index (χ2v) is 11.0. The van der Waals surface area contributed by atoms with E-state index in [4.69, 9.17) is 14.5 Å². The van der Waals surface area contributed by atoms with Crippen molar-refractivity contribution in [2.24, 2.45) is 0 Å². The molecule has 10 nitrogen and oxygen atoms in total. The normalized spacial score (nSPS) is 14.9. The molecule has 43 heavy (non-hydrogen) atoms. The minimum atomic E-state index is -1.04. The van der Waals surface area contributed by atoms with Crippen molar-refractivity contribution in [3.05, 3.63) is 81.7 Å². The van der Waals surface area contributed by atoms with Crippen molar-refractivity contribution in [3.63, 3.8) is 0 Å². The van der Waals surface area contributed by atoms with Crippen molar-refractivity contribution in [1.82, 2.24) is 19.4 Å². The van der Waals surface area contributed by atoms with Gasteiger partial charge in [0, 0.05) is 36.0 Å². The number of carbonyl (C=O) groups excluding carboxylic acids is 2. The van der Waals surface area contributed by atoms with E-state index < -0.39 is 40.7 Å². The van der Waals surface area contributed by atoms with E-state index in [9.17, 15) is 28.4 Å². The van der Waals surface area contributed by atoms with Crippen molar-refractivity contribution in [2.75, 3.05) is 13.7 Å². The summed E-state index contributed by atoms with van der Waals surface area (Å²) in [5.41, 5.74) is -0.352. The molecule has 1 unspecified atom stereocenters. The number of methoxy groups -OCH3 is 1. The number of aldehydes is 1. The van der Waals surface area contributed by atoms with Gasteiger partial charge in [-0.1, -0.05) is 6.07 Å². The van der Waals surface area contributed by atoms with Gasteiger partial charge in [0.25, 0.3) is 5.56 Å². The molecule has 0 bridgehead atoms. The summed E-state index contributed by atoms with van der Waals surface area (Å²) in [5, 5.41) is 9.76. The Kier molecular flexibility index (Phi) is 7.67. The highest BCUT2D eigenvalue weighted by atomic mass is 19.1. The van der Waals surface area contributed by atoms with E-state index in [0.29, 0.717) is 36.8 Å². The van der Waals surface area contributed by atoms with Crippen LogP contribution in [0.3, 0.4) is 0 Å². The number of halogens is 2. The molecule has 0 saturated carbocycles. The maximum absolute atomic E-state index is 14.9. The zero-order valence-corrected chi connectivity index (χ0v) is 23.9. The molecule has 1 fully saturated rings. The largest absolute Gasteiger partial charge is 0.491 e. The van der Waals surface area contributed by atoms with Crippen molar-refractivity contribution < 1.29 is 27.8 Å². The monoisotopic (exact) mass is 587 g/mol. The number of hydrogen-bond donors (Lipinski definition) is 0. The molecule has 5 rings (SSSR count). The predicted octanol–water partition coefficient (Wildman–Crippen LogP) is 5.49. The van der Waals surface area contributed by atoms with Crippen LogP contribution in [0.4, 0.5) is 13.6 Å². The number of hydrogen-bond acceptors (Lipinski definition) is 8. The van der Waals surface area contributed by atoms with Crippen molar-refractivity contribution >= 4 is 23.3 Å². The Balaban J connectivity index is 1.84. The zero-order valence-electron chi connectivity index (χ0n) is 23.9. The Hall–Kier alpha value is -5.18.